The molecule has 0 aliphatic heterocycles. The molecule has 21 heavy (non-hydrogen) atoms. The molecule has 2 aromatic carbocycles. The first kappa shape index (κ1) is 16.5. The van der Waals surface area contributed by atoms with E-state index in [9.17, 15) is 8.78 Å². The summed E-state index contributed by atoms with van der Waals surface area (Å²) in [6.45, 7) is 1.57. The smallest absolute Gasteiger partial charge is 0.138 e. The van der Waals surface area contributed by atoms with Gasteiger partial charge in [-0.05, 0) is 30.2 Å². The average Bonchev–Trinajstić information content (AvgIpc) is 2.45. The van der Waals surface area contributed by atoms with Crippen molar-refractivity contribution in [3.8, 4) is 5.75 Å². The largest absolute Gasteiger partial charge is 0.495 e. The van der Waals surface area contributed by atoms with Crippen LogP contribution in [0.5, 0.6) is 5.75 Å². The van der Waals surface area contributed by atoms with Crippen LogP contribution in [0.2, 0.25) is 10.0 Å². The SMILES string of the molecule is COc1cc(Cl)c(C(Br)c2c(F)ccc(C)c2F)cc1Cl. The normalized spacial score (nSPS) is 12.3. The highest BCUT2D eigenvalue weighted by Crippen LogP contribution is 2.42. The van der Waals surface area contributed by atoms with Crippen molar-refractivity contribution in [3.63, 3.8) is 0 Å². The monoisotopic (exact) mass is 394 g/mol. The van der Waals surface area contributed by atoms with Crippen molar-refractivity contribution in [2.24, 2.45) is 0 Å². The molecule has 0 aromatic heterocycles. The van der Waals surface area contributed by atoms with Gasteiger partial charge in [0.25, 0.3) is 0 Å². The number of benzene rings is 2. The molecule has 0 fully saturated rings. The zero-order chi connectivity index (χ0) is 15.7. The Labute approximate surface area is 140 Å². The van der Waals surface area contributed by atoms with E-state index in [1.165, 1.54) is 31.4 Å². The molecule has 1 nitrogen and oxygen atoms in total. The van der Waals surface area contributed by atoms with Crippen molar-refractivity contribution < 1.29 is 13.5 Å². The highest BCUT2D eigenvalue weighted by atomic mass is 79.9. The summed E-state index contributed by atoms with van der Waals surface area (Å²) >= 11 is 15.5. The Balaban J connectivity index is 2.58. The standard InChI is InChI=1S/C15H11BrCl2F2O/c1-7-3-4-11(19)13(15(7)20)14(16)8-5-10(18)12(21-2)6-9(8)17/h3-6,14H,1-2H3. The maximum atomic E-state index is 14.2. The van der Waals surface area contributed by atoms with E-state index in [0.29, 0.717) is 26.9 Å². The minimum Gasteiger partial charge on any atom is -0.495 e. The maximum absolute atomic E-state index is 14.2. The van der Waals surface area contributed by atoms with E-state index in [4.69, 9.17) is 27.9 Å². The van der Waals surface area contributed by atoms with E-state index in [1.807, 2.05) is 0 Å². The highest BCUT2D eigenvalue weighted by Gasteiger charge is 2.24. The third-order valence-corrected chi connectivity index (χ3v) is 4.69. The minimum atomic E-state index is -0.756. The Bertz CT molecular complexity index is 692. The van der Waals surface area contributed by atoms with E-state index in [1.54, 1.807) is 6.92 Å². The second-order valence-corrected chi connectivity index (χ2v) is 6.19. The molecule has 0 spiro atoms. The van der Waals surface area contributed by atoms with Gasteiger partial charge in [-0.15, -0.1) is 0 Å². The molecule has 112 valence electrons. The number of halogens is 5. The van der Waals surface area contributed by atoms with Gasteiger partial charge in [-0.2, -0.15) is 0 Å². The number of alkyl halides is 1. The quantitative estimate of drug-likeness (QED) is 0.572. The molecule has 1 unspecified atom stereocenters. The molecular formula is C15H11BrCl2F2O. The fourth-order valence-corrected chi connectivity index (χ4v) is 3.40. The molecule has 0 saturated carbocycles. The van der Waals surface area contributed by atoms with Crippen molar-refractivity contribution in [1.82, 2.24) is 0 Å². The van der Waals surface area contributed by atoms with E-state index in [0.717, 1.165) is 0 Å². The molecular weight excluding hydrogens is 385 g/mol. The van der Waals surface area contributed by atoms with Gasteiger partial charge in [-0.3, -0.25) is 0 Å². The van der Waals surface area contributed by atoms with Crippen LogP contribution in [0.4, 0.5) is 8.78 Å². The first-order valence-corrected chi connectivity index (χ1v) is 7.65. The van der Waals surface area contributed by atoms with Crippen LogP contribution in [0.3, 0.4) is 0 Å². The van der Waals surface area contributed by atoms with Gasteiger partial charge in [-0.1, -0.05) is 45.2 Å². The van der Waals surface area contributed by atoms with Gasteiger partial charge in [0, 0.05) is 16.7 Å². The Hall–Kier alpha value is -0.840. The lowest BCUT2D eigenvalue weighted by molar-refractivity contribution is 0.415. The lowest BCUT2D eigenvalue weighted by Gasteiger charge is -2.17. The summed E-state index contributed by atoms with van der Waals surface area (Å²) in [4.78, 5) is -0.756. The predicted octanol–water partition coefficient (Wildman–Crippen LogP) is 6.07. The first-order chi connectivity index (χ1) is 9.86. The third kappa shape index (κ3) is 3.17. The Morgan fingerprint density at radius 2 is 1.81 bits per heavy atom. The molecule has 6 heteroatoms. The van der Waals surface area contributed by atoms with Crippen LogP contribution < -0.4 is 4.74 Å². The van der Waals surface area contributed by atoms with Crippen LogP contribution in [-0.4, -0.2) is 7.11 Å². The van der Waals surface area contributed by atoms with Gasteiger partial charge in [-0.25, -0.2) is 8.78 Å². The minimum absolute atomic E-state index is 0.0990. The van der Waals surface area contributed by atoms with Gasteiger partial charge in [0.2, 0.25) is 0 Å². The zero-order valence-electron chi connectivity index (χ0n) is 11.2. The highest BCUT2D eigenvalue weighted by molar-refractivity contribution is 9.09. The number of hydrogen-bond donors (Lipinski definition) is 0. The lowest BCUT2D eigenvalue weighted by Crippen LogP contribution is -2.03. The Morgan fingerprint density at radius 3 is 2.43 bits per heavy atom. The van der Waals surface area contributed by atoms with Crippen LogP contribution in [0.1, 0.15) is 21.5 Å². The van der Waals surface area contributed by atoms with Gasteiger partial charge in [0.15, 0.2) is 0 Å². The summed E-state index contributed by atoms with van der Waals surface area (Å²) in [5.41, 5.74) is 0.718. The molecule has 0 aliphatic carbocycles. The van der Waals surface area contributed by atoms with Crippen molar-refractivity contribution >= 4 is 39.1 Å². The van der Waals surface area contributed by atoms with Crippen molar-refractivity contribution in [2.45, 2.75) is 11.8 Å². The van der Waals surface area contributed by atoms with E-state index >= 15 is 0 Å². The van der Waals surface area contributed by atoms with Crippen LogP contribution in [0, 0.1) is 18.6 Å². The Morgan fingerprint density at radius 1 is 1.14 bits per heavy atom. The third-order valence-electron chi connectivity index (χ3n) is 3.12. The molecule has 0 radical (unpaired) electrons. The molecule has 0 amide bonds. The summed E-state index contributed by atoms with van der Waals surface area (Å²) < 4.78 is 33.2. The van der Waals surface area contributed by atoms with Crippen molar-refractivity contribution in [3.05, 3.63) is 62.6 Å². The van der Waals surface area contributed by atoms with Gasteiger partial charge < -0.3 is 4.74 Å². The first-order valence-electron chi connectivity index (χ1n) is 5.98. The summed E-state index contributed by atoms with van der Waals surface area (Å²) in [6, 6.07) is 5.65. The molecule has 2 aromatic rings. The van der Waals surface area contributed by atoms with Gasteiger partial charge in [0.1, 0.15) is 17.4 Å². The summed E-state index contributed by atoms with van der Waals surface area (Å²) in [7, 11) is 1.46. The fraction of sp³-hybridized carbons (Fsp3) is 0.200. The van der Waals surface area contributed by atoms with Crippen molar-refractivity contribution in [1.29, 1.82) is 0 Å². The topological polar surface area (TPSA) is 9.23 Å². The average molecular weight is 396 g/mol. The number of rotatable bonds is 3. The van der Waals surface area contributed by atoms with Crippen LogP contribution in [0.15, 0.2) is 24.3 Å². The summed E-state index contributed by atoms with van der Waals surface area (Å²) in [5.74, 6) is -0.863. The van der Waals surface area contributed by atoms with Gasteiger partial charge in [0.05, 0.1) is 17.0 Å². The molecule has 0 bridgehead atoms. The molecule has 0 heterocycles. The maximum Gasteiger partial charge on any atom is 0.138 e. The molecule has 2 rings (SSSR count). The fourth-order valence-electron chi connectivity index (χ4n) is 1.96. The number of hydrogen-bond acceptors (Lipinski definition) is 1. The molecule has 0 aliphatic rings. The van der Waals surface area contributed by atoms with Crippen molar-refractivity contribution in [2.75, 3.05) is 7.11 Å². The number of aryl methyl sites for hydroxylation is 1. The zero-order valence-corrected chi connectivity index (χ0v) is 14.3. The molecule has 1 atom stereocenters. The lowest BCUT2D eigenvalue weighted by atomic mass is 10.0. The molecule has 0 N–H and O–H groups in total. The van der Waals surface area contributed by atoms with E-state index in [-0.39, 0.29) is 5.56 Å². The molecule has 0 saturated heterocycles. The van der Waals surface area contributed by atoms with E-state index < -0.39 is 16.5 Å². The van der Waals surface area contributed by atoms with Crippen LogP contribution >= 0.6 is 39.1 Å². The number of ether oxygens (including phenoxy) is 1. The van der Waals surface area contributed by atoms with Crippen LogP contribution in [-0.2, 0) is 0 Å². The Kier molecular flexibility index (Phi) is 5.12. The summed E-state index contributed by atoms with van der Waals surface area (Å²) in [5, 5.41) is 0.619. The second kappa shape index (κ2) is 6.51. The van der Waals surface area contributed by atoms with Crippen LogP contribution in [0.25, 0.3) is 0 Å². The second-order valence-electron chi connectivity index (χ2n) is 4.46. The summed E-state index contributed by atoms with van der Waals surface area (Å²) in [6.07, 6.45) is 0. The predicted molar refractivity (Wildman–Crippen MR) is 84.9 cm³/mol. The number of methoxy groups -OCH3 is 1. The van der Waals surface area contributed by atoms with E-state index in [2.05, 4.69) is 15.9 Å². The van der Waals surface area contributed by atoms with Gasteiger partial charge >= 0.3 is 0 Å².